The molecule has 0 spiro atoms. The van der Waals surface area contributed by atoms with E-state index in [1.807, 2.05) is 37.3 Å². The predicted octanol–water partition coefficient (Wildman–Crippen LogP) is 7.70. The number of anilines is 1. The van der Waals surface area contributed by atoms with E-state index < -0.39 is 5.91 Å². The largest absolute Gasteiger partial charge is 0.493 e. The normalized spacial score (nSPS) is 11.1. The quantitative estimate of drug-likeness (QED) is 0.185. The van der Waals surface area contributed by atoms with Crippen molar-refractivity contribution in [2.45, 2.75) is 13.5 Å². The van der Waals surface area contributed by atoms with Crippen molar-refractivity contribution in [2.75, 3.05) is 12.4 Å². The van der Waals surface area contributed by atoms with Crippen LogP contribution >= 0.6 is 27.5 Å². The summed E-state index contributed by atoms with van der Waals surface area (Å²) in [5, 5.41) is 15.1. The monoisotopic (exact) mass is 560 g/mol. The third-order valence-electron chi connectivity index (χ3n) is 5.63. The number of nitrogens with zero attached hydrogens (tertiary/aromatic N) is 1. The number of nitriles is 1. The minimum atomic E-state index is -0.533. The molecule has 180 valence electrons. The number of hydrogen-bond donors (Lipinski definition) is 1. The Morgan fingerprint density at radius 3 is 2.67 bits per heavy atom. The fraction of sp³-hybridized carbons (Fsp3) is 0.103. The van der Waals surface area contributed by atoms with Gasteiger partial charge in [0, 0.05) is 10.7 Å². The molecule has 4 aromatic carbocycles. The zero-order valence-corrected chi connectivity index (χ0v) is 22.0. The number of carbonyl (C=O) groups excluding carboxylic acids is 1. The van der Waals surface area contributed by atoms with Crippen LogP contribution in [-0.2, 0) is 11.4 Å². The van der Waals surface area contributed by atoms with Crippen LogP contribution in [-0.4, -0.2) is 13.0 Å². The Bertz CT molecular complexity index is 1520. The summed E-state index contributed by atoms with van der Waals surface area (Å²) in [7, 11) is 1.54. The second-order valence-electron chi connectivity index (χ2n) is 8.04. The molecule has 0 aliphatic carbocycles. The molecule has 36 heavy (non-hydrogen) atoms. The van der Waals surface area contributed by atoms with Crippen LogP contribution in [0, 0.1) is 18.3 Å². The summed E-state index contributed by atoms with van der Waals surface area (Å²) in [6.07, 6.45) is 1.50. The summed E-state index contributed by atoms with van der Waals surface area (Å²) in [6.45, 7) is 2.19. The average molecular weight is 562 g/mol. The highest BCUT2D eigenvalue weighted by Gasteiger charge is 2.15. The highest BCUT2D eigenvalue weighted by molar-refractivity contribution is 9.10. The van der Waals surface area contributed by atoms with Crippen LogP contribution in [0.2, 0.25) is 5.02 Å². The Morgan fingerprint density at radius 1 is 1.11 bits per heavy atom. The number of fused-ring (bicyclic) bond motifs is 1. The molecule has 1 N–H and O–H groups in total. The summed E-state index contributed by atoms with van der Waals surface area (Å²) in [5.41, 5.74) is 2.97. The van der Waals surface area contributed by atoms with Crippen LogP contribution in [0.15, 0.2) is 82.8 Å². The topological polar surface area (TPSA) is 71.3 Å². The second kappa shape index (κ2) is 11.3. The Kier molecular flexibility index (Phi) is 7.94. The number of nitrogens with one attached hydrogen (secondary N) is 1. The maximum absolute atomic E-state index is 12.8. The summed E-state index contributed by atoms with van der Waals surface area (Å²) in [5.74, 6) is 0.466. The lowest BCUT2D eigenvalue weighted by atomic mass is 10.1. The minimum Gasteiger partial charge on any atom is -0.493 e. The summed E-state index contributed by atoms with van der Waals surface area (Å²) in [4.78, 5) is 12.8. The van der Waals surface area contributed by atoms with Crippen molar-refractivity contribution in [3.8, 4) is 17.6 Å². The first-order chi connectivity index (χ1) is 17.4. The van der Waals surface area contributed by atoms with Gasteiger partial charge in [0.2, 0.25) is 0 Å². The maximum atomic E-state index is 12.8. The summed E-state index contributed by atoms with van der Waals surface area (Å²) < 4.78 is 12.3. The van der Waals surface area contributed by atoms with E-state index in [1.165, 1.54) is 6.08 Å². The van der Waals surface area contributed by atoms with E-state index in [9.17, 15) is 10.1 Å². The van der Waals surface area contributed by atoms with Gasteiger partial charge in [0.25, 0.3) is 5.91 Å². The van der Waals surface area contributed by atoms with Gasteiger partial charge >= 0.3 is 0 Å². The van der Waals surface area contributed by atoms with Gasteiger partial charge in [0.15, 0.2) is 11.5 Å². The number of halogens is 2. The van der Waals surface area contributed by atoms with Gasteiger partial charge in [0.1, 0.15) is 18.2 Å². The highest BCUT2D eigenvalue weighted by atomic mass is 79.9. The van der Waals surface area contributed by atoms with Gasteiger partial charge in [-0.2, -0.15) is 5.26 Å². The fourth-order valence-corrected chi connectivity index (χ4v) is 4.51. The predicted molar refractivity (Wildman–Crippen MR) is 147 cm³/mol. The first kappa shape index (κ1) is 25.3. The van der Waals surface area contributed by atoms with Gasteiger partial charge in [0.05, 0.1) is 11.6 Å². The van der Waals surface area contributed by atoms with Crippen molar-refractivity contribution in [1.82, 2.24) is 0 Å². The number of benzene rings is 4. The number of aryl methyl sites for hydroxylation is 1. The average Bonchev–Trinajstić information content (AvgIpc) is 2.88. The SMILES string of the molecule is COc1cc(/C=C(\C#N)C(=O)Nc2cc(Cl)ccc2C)cc(Br)c1OCc1cccc2ccccc12. The number of methoxy groups -OCH3 is 1. The van der Waals surface area contributed by atoms with Gasteiger partial charge < -0.3 is 14.8 Å². The molecule has 0 aromatic heterocycles. The lowest BCUT2D eigenvalue weighted by Gasteiger charge is -2.15. The molecule has 0 unspecified atom stereocenters. The number of amides is 1. The van der Waals surface area contributed by atoms with Gasteiger partial charge in [-0.25, -0.2) is 0 Å². The minimum absolute atomic E-state index is 0.0623. The molecule has 0 saturated heterocycles. The van der Waals surface area contributed by atoms with E-state index in [2.05, 4.69) is 39.4 Å². The Hall–Kier alpha value is -3.79. The zero-order valence-electron chi connectivity index (χ0n) is 19.6. The zero-order chi connectivity index (χ0) is 25.7. The van der Waals surface area contributed by atoms with E-state index in [4.69, 9.17) is 21.1 Å². The van der Waals surface area contributed by atoms with Crippen LogP contribution in [0.4, 0.5) is 5.69 Å². The summed E-state index contributed by atoms with van der Waals surface area (Å²) in [6, 6.07) is 24.9. The molecule has 5 nitrogen and oxygen atoms in total. The van der Waals surface area contributed by atoms with E-state index in [0.717, 1.165) is 21.9 Å². The summed E-state index contributed by atoms with van der Waals surface area (Å²) >= 11 is 9.59. The first-order valence-corrected chi connectivity index (χ1v) is 12.2. The lowest BCUT2D eigenvalue weighted by molar-refractivity contribution is -0.112. The molecule has 4 rings (SSSR count). The van der Waals surface area contributed by atoms with Crippen molar-refractivity contribution in [3.05, 3.63) is 105 Å². The standard InChI is InChI=1S/C29H22BrClN2O3/c1-18-10-11-23(31)15-26(18)33-29(34)22(16-32)12-19-13-25(30)28(27(14-19)35-2)36-17-21-8-5-7-20-6-3-4-9-24(20)21/h3-15H,17H2,1-2H3,(H,33,34)/b22-12+. The van der Waals surface area contributed by atoms with Crippen molar-refractivity contribution >= 4 is 56.0 Å². The van der Waals surface area contributed by atoms with E-state index >= 15 is 0 Å². The van der Waals surface area contributed by atoms with Gasteiger partial charge in [-0.15, -0.1) is 0 Å². The van der Waals surface area contributed by atoms with Crippen molar-refractivity contribution in [3.63, 3.8) is 0 Å². The van der Waals surface area contributed by atoms with Crippen LogP contribution in [0.5, 0.6) is 11.5 Å². The molecule has 7 heteroatoms. The van der Waals surface area contributed by atoms with E-state index in [1.54, 1.807) is 37.4 Å². The molecule has 0 saturated carbocycles. The Balaban J connectivity index is 1.58. The number of ether oxygens (including phenoxy) is 2. The van der Waals surface area contributed by atoms with Crippen LogP contribution in [0.3, 0.4) is 0 Å². The molecular formula is C29H22BrClN2O3. The first-order valence-electron chi connectivity index (χ1n) is 11.1. The molecule has 0 heterocycles. The third kappa shape index (κ3) is 5.71. The van der Waals surface area contributed by atoms with Crippen LogP contribution in [0.1, 0.15) is 16.7 Å². The molecular weight excluding hydrogens is 540 g/mol. The van der Waals surface area contributed by atoms with Gasteiger partial charge in [-0.3, -0.25) is 4.79 Å². The lowest BCUT2D eigenvalue weighted by Crippen LogP contribution is -2.14. The smallest absolute Gasteiger partial charge is 0.266 e. The molecule has 0 bridgehead atoms. The molecule has 4 aromatic rings. The number of hydrogen-bond acceptors (Lipinski definition) is 4. The van der Waals surface area contributed by atoms with Gasteiger partial charge in [-0.1, -0.05) is 60.1 Å². The van der Waals surface area contributed by atoms with Gasteiger partial charge in [-0.05, 0) is 80.7 Å². The molecule has 1 amide bonds. The Morgan fingerprint density at radius 2 is 1.89 bits per heavy atom. The fourth-order valence-electron chi connectivity index (χ4n) is 3.77. The molecule has 0 fully saturated rings. The molecule has 0 radical (unpaired) electrons. The van der Waals surface area contributed by atoms with E-state index in [0.29, 0.717) is 38.9 Å². The van der Waals surface area contributed by atoms with Crippen molar-refractivity contribution in [1.29, 1.82) is 5.26 Å². The van der Waals surface area contributed by atoms with E-state index in [-0.39, 0.29) is 5.57 Å². The number of rotatable bonds is 7. The number of carbonyl (C=O) groups is 1. The van der Waals surface area contributed by atoms with Crippen LogP contribution < -0.4 is 14.8 Å². The Labute approximate surface area is 223 Å². The third-order valence-corrected chi connectivity index (χ3v) is 6.45. The molecule has 0 aliphatic heterocycles. The maximum Gasteiger partial charge on any atom is 0.266 e. The highest BCUT2D eigenvalue weighted by Crippen LogP contribution is 2.38. The van der Waals surface area contributed by atoms with Crippen molar-refractivity contribution in [2.24, 2.45) is 0 Å². The second-order valence-corrected chi connectivity index (χ2v) is 9.34. The molecule has 0 atom stereocenters. The molecule has 0 aliphatic rings. The van der Waals surface area contributed by atoms with Crippen LogP contribution in [0.25, 0.3) is 16.8 Å². The van der Waals surface area contributed by atoms with Crippen molar-refractivity contribution < 1.29 is 14.3 Å².